The lowest BCUT2D eigenvalue weighted by Gasteiger charge is -2.29. The normalized spacial score (nSPS) is 12.5. The van der Waals surface area contributed by atoms with Gasteiger partial charge in [0.15, 0.2) is 0 Å². The number of carbonyl (C=O) groups is 1. The minimum absolute atomic E-state index is 0.0478. The predicted molar refractivity (Wildman–Crippen MR) is 86.5 cm³/mol. The third kappa shape index (κ3) is 4.79. The Kier molecular flexibility index (Phi) is 5.57. The van der Waals surface area contributed by atoms with Gasteiger partial charge < -0.3 is 5.32 Å². The lowest BCUT2D eigenvalue weighted by atomic mass is 9.81. The molecule has 21 heavy (non-hydrogen) atoms. The van der Waals surface area contributed by atoms with Crippen molar-refractivity contribution in [1.82, 2.24) is 5.32 Å². The van der Waals surface area contributed by atoms with E-state index in [1.165, 1.54) is 12.1 Å². The maximum atomic E-state index is 12.1. The number of benzene rings is 1. The summed E-state index contributed by atoms with van der Waals surface area (Å²) in [5.74, 6) is 0.0869. The van der Waals surface area contributed by atoms with E-state index in [1.807, 2.05) is 0 Å². The minimum Gasteiger partial charge on any atom is -0.351 e. The molecule has 0 aliphatic rings. The second-order valence-electron chi connectivity index (χ2n) is 6.02. The summed E-state index contributed by atoms with van der Waals surface area (Å²) in [6, 6.07) is 4.33. The van der Waals surface area contributed by atoms with Crippen LogP contribution in [0.2, 0.25) is 0 Å². The van der Waals surface area contributed by atoms with Crippen molar-refractivity contribution in [3.63, 3.8) is 0 Å². The van der Waals surface area contributed by atoms with Gasteiger partial charge in [-0.2, -0.15) is 0 Å². The van der Waals surface area contributed by atoms with E-state index < -0.39 is 10.0 Å². The zero-order valence-electron chi connectivity index (χ0n) is 12.6. The Balaban J connectivity index is 2.95. The number of amides is 1. The van der Waals surface area contributed by atoms with Gasteiger partial charge in [-0.3, -0.25) is 4.79 Å². The van der Waals surface area contributed by atoms with Gasteiger partial charge in [0.1, 0.15) is 0 Å². The second-order valence-corrected chi connectivity index (χ2v) is 8.40. The molecule has 7 heteroatoms. The molecule has 1 amide bonds. The number of rotatable bonds is 5. The van der Waals surface area contributed by atoms with Crippen molar-refractivity contribution in [1.29, 1.82) is 0 Å². The van der Waals surface area contributed by atoms with Gasteiger partial charge in [0.2, 0.25) is 10.0 Å². The fourth-order valence-corrected chi connectivity index (χ4v) is 3.03. The Labute approximate surface area is 134 Å². The first kappa shape index (κ1) is 18.1. The molecule has 0 spiro atoms. The largest absolute Gasteiger partial charge is 0.351 e. The van der Waals surface area contributed by atoms with E-state index in [0.29, 0.717) is 16.9 Å². The molecule has 0 aliphatic carbocycles. The summed E-state index contributed by atoms with van der Waals surface area (Å²) in [6.07, 6.45) is 0. The summed E-state index contributed by atoms with van der Waals surface area (Å²) < 4.78 is 23.2. The maximum Gasteiger partial charge on any atom is 0.251 e. The molecule has 0 saturated heterocycles. The molecule has 3 N–H and O–H groups in total. The predicted octanol–water partition coefficient (Wildman–Crippen LogP) is 2.51. The molecule has 118 valence electrons. The number of hydrogen-bond donors (Lipinski definition) is 2. The first-order valence-electron chi connectivity index (χ1n) is 6.55. The van der Waals surface area contributed by atoms with Crippen molar-refractivity contribution in [2.45, 2.75) is 32.6 Å². The fraction of sp³-hybridized carbons (Fsp3) is 0.500. The third-order valence-electron chi connectivity index (χ3n) is 3.77. The summed E-state index contributed by atoms with van der Waals surface area (Å²) >= 11 is 3.11. The van der Waals surface area contributed by atoms with Crippen LogP contribution >= 0.6 is 15.9 Å². The third-order valence-corrected chi connectivity index (χ3v) is 5.67. The minimum atomic E-state index is -3.87. The molecule has 1 aromatic rings. The Bertz CT molecular complexity index is 640. The maximum absolute atomic E-state index is 12.1. The van der Waals surface area contributed by atoms with Gasteiger partial charge in [-0.05, 0) is 45.5 Å². The molecule has 0 saturated carbocycles. The standard InChI is InChI=1S/C14H21BrN2O3S/c1-9(2)14(3,4)8-17-13(18)10-5-6-11(15)12(7-10)21(16,19)20/h5-7,9H,8H2,1-4H3,(H,17,18)(H2,16,19,20). The molecule has 1 aromatic carbocycles. The van der Waals surface area contributed by atoms with E-state index in [-0.39, 0.29) is 21.8 Å². The molecule has 0 radical (unpaired) electrons. The van der Waals surface area contributed by atoms with E-state index in [1.54, 1.807) is 6.07 Å². The Hall–Kier alpha value is -0.920. The highest BCUT2D eigenvalue weighted by molar-refractivity contribution is 9.10. The summed E-state index contributed by atoms with van der Waals surface area (Å²) in [6.45, 7) is 8.81. The zero-order chi connectivity index (χ0) is 16.4. The molecule has 0 heterocycles. The van der Waals surface area contributed by atoms with Crippen LogP contribution in [0.1, 0.15) is 38.1 Å². The monoisotopic (exact) mass is 376 g/mol. The lowest BCUT2D eigenvalue weighted by molar-refractivity contribution is 0.0924. The van der Waals surface area contributed by atoms with Gasteiger partial charge in [0.25, 0.3) is 5.91 Å². The quantitative estimate of drug-likeness (QED) is 0.826. The number of hydrogen-bond acceptors (Lipinski definition) is 3. The first-order valence-corrected chi connectivity index (χ1v) is 8.89. The Morgan fingerprint density at radius 3 is 2.43 bits per heavy atom. The van der Waals surface area contributed by atoms with Crippen molar-refractivity contribution in [3.05, 3.63) is 28.2 Å². The van der Waals surface area contributed by atoms with Crippen LogP contribution in [0, 0.1) is 11.3 Å². The van der Waals surface area contributed by atoms with Gasteiger partial charge in [-0.25, -0.2) is 13.6 Å². The average molecular weight is 377 g/mol. The van der Waals surface area contributed by atoms with E-state index in [2.05, 4.69) is 48.9 Å². The highest BCUT2D eigenvalue weighted by Gasteiger charge is 2.23. The van der Waals surface area contributed by atoms with Crippen LogP contribution < -0.4 is 10.5 Å². The molecule has 5 nitrogen and oxygen atoms in total. The number of nitrogens with two attached hydrogens (primary N) is 1. The van der Waals surface area contributed by atoms with Crippen molar-refractivity contribution in [3.8, 4) is 0 Å². The van der Waals surface area contributed by atoms with Gasteiger partial charge in [-0.1, -0.05) is 27.7 Å². The van der Waals surface area contributed by atoms with Crippen molar-refractivity contribution in [2.24, 2.45) is 16.5 Å². The zero-order valence-corrected chi connectivity index (χ0v) is 15.0. The molecule has 0 atom stereocenters. The number of sulfonamides is 1. The van der Waals surface area contributed by atoms with E-state index in [9.17, 15) is 13.2 Å². The summed E-state index contributed by atoms with van der Waals surface area (Å²) in [4.78, 5) is 12.0. The highest BCUT2D eigenvalue weighted by Crippen LogP contribution is 2.25. The number of primary sulfonamides is 1. The highest BCUT2D eigenvalue weighted by atomic mass is 79.9. The van der Waals surface area contributed by atoms with Gasteiger partial charge in [0.05, 0.1) is 4.90 Å². The number of nitrogens with one attached hydrogen (secondary N) is 1. The van der Waals surface area contributed by atoms with Crippen LogP contribution in [0.15, 0.2) is 27.6 Å². The van der Waals surface area contributed by atoms with Crippen LogP contribution in [0.5, 0.6) is 0 Å². The van der Waals surface area contributed by atoms with Crippen LogP contribution in [-0.2, 0) is 10.0 Å². The number of halogens is 1. The Morgan fingerprint density at radius 2 is 1.95 bits per heavy atom. The van der Waals surface area contributed by atoms with Crippen LogP contribution in [0.25, 0.3) is 0 Å². The average Bonchev–Trinajstić information content (AvgIpc) is 2.35. The van der Waals surface area contributed by atoms with Crippen LogP contribution in [-0.4, -0.2) is 20.9 Å². The van der Waals surface area contributed by atoms with Crippen molar-refractivity contribution < 1.29 is 13.2 Å². The molecule has 1 rings (SSSR count). The van der Waals surface area contributed by atoms with Crippen LogP contribution in [0.3, 0.4) is 0 Å². The van der Waals surface area contributed by atoms with Gasteiger partial charge >= 0.3 is 0 Å². The summed E-state index contributed by atoms with van der Waals surface area (Å²) in [5, 5.41) is 7.95. The van der Waals surface area contributed by atoms with Gasteiger partial charge in [-0.15, -0.1) is 0 Å². The van der Waals surface area contributed by atoms with Crippen LogP contribution in [0.4, 0.5) is 0 Å². The first-order chi connectivity index (χ1) is 9.45. The molecule has 0 bridgehead atoms. The smallest absolute Gasteiger partial charge is 0.251 e. The topological polar surface area (TPSA) is 89.3 Å². The summed E-state index contributed by atoms with van der Waals surface area (Å²) in [7, 11) is -3.87. The molecular weight excluding hydrogens is 356 g/mol. The van der Waals surface area contributed by atoms with Gasteiger partial charge in [0, 0.05) is 16.6 Å². The number of carbonyl (C=O) groups excluding carboxylic acids is 1. The van der Waals surface area contributed by atoms with Crippen molar-refractivity contribution >= 4 is 31.9 Å². The Morgan fingerprint density at radius 1 is 1.38 bits per heavy atom. The SMILES string of the molecule is CC(C)C(C)(C)CNC(=O)c1ccc(Br)c(S(N)(=O)=O)c1. The molecule has 0 fully saturated rings. The second kappa shape index (κ2) is 6.46. The molecule has 0 unspecified atom stereocenters. The molecular formula is C14H21BrN2O3S. The lowest BCUT2D eigenvalue weighted by Crippen LogP contribution is -2.37. The summed E-state index contributed by atoms with van der Waals surface area (Å²) in [5.41, 5.74) is 0.218. The van der Waals surface area contributed by atoms with E-state index in [4.69, 9.17) is 5.14 Å². The molecule has 0 aliphatic heterocycles. The fourth-order valence-electron chi connectivity index (χ4n) is 1.48. The van der Waals surface area contributed by atoms with Crippen molar-refractivity contribution in [2.75, 3.05) is 6.54 Å². The van der Waals surface area contributed by atoms with E-state index >= 15 is 0 Å². The molecule has 0 aromatic heterocycles. The van der Waals surface area contributed by atoms with E-state index in [0.717, 1.165) is 0 Å².